The summed E-state index contributed by atoms with van der Waals surface area (Å²) in [5.74, 6) is -1.88. The Morgan fingerprint density at radius 2 is 2.14 bits per heavy atom. The van der Waals surface area contributed by atoms with E-state index in [0.717, 1.165) is 0 Å². The molecule has 1 aromatic carbocycles. The summed E-state index contributed by atoms with van der Waals surface area (Å²) in [5, 5.41) is 12.3. The average molecular weight is 348 g/mol. The zero-order chi connectivity index (χ0) is 16.3. The molecule has 0 radical (unpaired) electrons. The van der Waals surface area contributed by atoms with Crippen molar-refractivity contribution < 1.29 is 27.9 Å². The average Bonchev–Trinajstić information content (AvgIpc) is 2.78. The van der Waals surface area contributed by atoms with E-state index in [1.165, 1.54) is 18.2 Å². The predicted octanol–water partition coefficient (Wildman–Crippen LogP) is 0.506. The van der Waals surface area contributed by atoms with Crippen molar-refractivity contribution in [2.75, 3.05) is 18.1 Å². The molecule has 7 nitrogen and oxygen atoms in total. The van der Waals surface area contributed by atoms with Crippen molar-refractivity contribution in [2.45, 2.75) is 12.5 Å². The van der Waals surface area contributed by atoms with Gasteiger partial charge in [0.1, 0.15) is 11.3 Å². The maximum Gasteiger partial charge on any atom is 0.342 e. The molecule has 0 aliphatic carbocycles. The predicted molar refractivity (Wildman–Crippen MR) is 78.6 cm³/mol. The summed E-state index contributed by atoms with van der Waals surface area (Å²) in [6.45, 7) is -0.568. The van der Waals surface area contributed by atoms with Gasteiger partial charge in [-0.15, -0.1) is 0 Å². The number of ether oxygens (including phenoxy) is 1. The van der Waals surface area contributed by atoms with Gasteiger partial charge in [0.25, 0.3) is 5.91 Å². The zero-order valence-electron chi connectivity index (χ0n) is 11.4. The van der Waals surface area contributed by atoms with Crippen LogP contribution in [0.2, 0.25) is 5.02 Å². The number of aromatic hydroxyl groups is 1. The van der Waals surface area contributed by atoms with Crippen LogP contribution in [0.4, 0.5) is 0 Å². The summed E-state index contributed by atoms with van der Waals surface area (Å²) in [7, 11) is -3.10. The third-order valence-corrected chi connectivity index (χ3v) is 5.11. The minimum atomic E-state index is -3.10. The van der Waals surface area contributed by atoms with Gasteiger partial charge in [-0.25, -0.2) is 13.2 Å². The van der Waals surface area contributed by atoms with Crippen molar-refractivity contribution in [3.8, 4) is 5.75 Å². The second kappa shape index (κ2) is 6.53. The van der Waals surface area contributed by atoms with Crippen LogP contribution < -0.4 is 5.32 Å². The number of phenols is 1. The highest BCUT2D eigenvalue weighted by molar-refractivity contribution is 7.91. The van der Waals surface area contributed by atoms with Gasteiger partial charge in [0.15, 0.2) is 16.4 Å². The summed E-state index contributed by atoms with van der Waals surface area (Å²) in [4.78, 5) is 23.4. The Morgan fingerprint density at radius 3 is 2.77 bits per heavy atom. The Labute approximate surface area is 132 Å². The maximum atomic E-state index is 11.7. The van der Waals surface area contributed by atoms with Gasteiger partial charge < -0.3 is 15.2 Å². The molecule has 0 unspecified atom stereocenters. The summed E-state index contributed by atoms with van der Waals surface area (Å²) < 4.78 is 27.3. The van der Waals surface area contributed by atoms with Crippen molar-refractivity contribution in [2.24, 2.45) is 0 Å². The molecule has 2 N–H and O–H groups in total. The van der Waals surface area contributed by atoms with Gasteiger partial charge in [0.2, 0.25) is 0 Å². The first-order chi connectivity index (χ1) is 10.3. The Morgan fingerprint density at radius 1 is 1.41 bits per heavy atom. The number of hydrogen-bond donors (Lipinski definition) is 2. The lowest BCUT2D eigenvalue weighted by Crippen LogP contribution is -2.38. The number of esters is 1. The molecule has 1 aromatic rings. The number of phenolic OH excluding ortho intramolecular Hbond substituents is 1. The standard InChI is InChI=1S/C13H14ClNO6S/c14-8-1-2-11(16)10(5-8)13(18)21-6-12(17)15-9-3-4-22(19,20)7-9/h1-2,5,9,16H,3-4,6-7H2,(H,15,17)/t9-/m0/s1. The number of amides is 1. The fourth-order valence-electron chi connectivity index (χ4n) is 2.06. The number of rotatable bonds is 4. The number of nitrogens with one attached hydrogen (secondary N) is 1. The van der Waals surface area contributed by atoms with Crippen LogP contribution in [-0.4, -0.2) is 49.6 Å². The summed E-state index contributed by atoms with van der Waals surface area (Å²) >= 11 is 5.71. The second-order valence-electron chi connectivity index (χ2n) is 4.91. The third kappa shape index (κ3) is 4.35. The van der Waals surface area contributed by atoms with Crippen LogP contribution in [-0.2, 0) is 19.4 Å². The largest absolute Gasteiger partial charge is 0.507 e. The van der Waals surface area contributed by atoms with Crippen molar-refractivity contribution in [1.82, 2.24) is 5.32 Å². The Balaban J connectivity index is 1.86. The van der Waals surface area contributed by atoms with E-state index in [1.54, 1.807) is 0 Å². The minimum absolute atomic E-state index is 0.0358. The highest BCUT2D eigenvalue weighted by Gasteiger charge is 2.29. The van der Waals surface area contributed by atoms with Crippen LogP contribution in [0.25, 0.3) is 0 Å². The number of carbonyl (C=O) groups is 2. The normalized spacial score (nSPS) is 19.6. The van der Waals surface area contributed by atoms with Gasteiger partial charge in [0, 0.05) is 11.1 Å². The van der Waals surface area contributed by atoms with E-state index in [0.29, 0.717) is 6.42 Å². The fourth-order valence-corrected chi connectivity index (χ4v) is 3.90. The van der Waals surface area contributed by atoms with Gasteiger partial charge in [0.05, 0.1) is 11.5 Å². The SMILES string of the molecule is O=C(COC(=O)c1cc(Cl)ccc1O)N[C@H]1CCS(=O)(=O)C1. The Kier molecular flexibility index (Phi) is 4.92. The van der Waals surface area contributed by atoms with Crippen LogP contribution >= 0.6 is 11.6 Å². The van der Waals surface area contributed by atoms with E-state index in [4.69, 9.17) is 16.3 Å². The van der Waals surface area contributed by atoms with E-state index in [2.05, 4.69) is 5.32 Å². The first-order valence-electron chi connectivity index (χ1n) is 6.42. The molecule has 1 atom stereocenters. The number of sulfone groups is 1. The van der Waals surface area contributed by atoms with Gasteiger partial charge in [-0.2, -0.15) is 0 Å². The number of carbonyl (C=O) groups excluding carboxylic acids is 2. The molecule has 0 spiro atoms. The topological polar surface area (TPSA) is 110 Å². The Bertz CT molecular complexity index is 702. The summed E-state index contributed by atoms with van der Waals surface area (Å²) in [6, 6.07) is 3.40. The number of hydrogen-bond acceptors (Lipinski definition) is 6. The molecule has 0 saturated carbocycles. The molecule has 22 heavy (non-hydrogen) atoms. The molecule has 0 aromatic heterocycles. The quantitative estimate of drug-likeness (QED) is 0.768. The van der Waals surface area contributed by atoms with E-state index in [1.807, 2.05) is 0 Å². The van der Waals surface area contributed by atoms with Gasteiger partial charge >= 0.3 is 5.97 Å². The molecule has 1 aliphatic heterocycles. The van der Waals surface area contributed by atoms with Gasteiger partial charge in [-0.1, -0.05) is 11.6 Å². The van der Waals surface area contributed by atoms with E-state index < -0.39 is 34.4 Å². The highest BCUT2D eigenvalue weighted by atomic mass is 35.5. The van der Waals surface area contributed by atoms with Gasteiger partial charge in [-0.3, -0.25) is 4.79 Å². The minimum Gasteiger partial charge on any atom is -0.507 e. The molecular weight excluding hydrogens is 334 g/mol. The van der Waals surface area contributed by atoms with E-state index in [9.17, 15) is 23.1 Å². The number of benzene rings is 1. The lowest BCUT2D eigenvalue weighted by molar-refractivity contribution is -0.124. The first kappa shape index (κ1) is 16.6. The van der Waals surface area contributed by atoms with Crippen molar-refractivity contribution in [1.29, 1.82) is 0 Å². The molecule has 0 bridgehead atoms. The molecule has 1 heterocycles. The summed E-state index contributed by atoms with van der Waals surface area (Å²) in [6.07, 6.45) is 0.344. The summed E-state index contributed by atoms with van der Waals surface area (Å²) in [5.41, 5.74) is -0.149. The molecule has 1 saturated heterocycles. The molecule has 1 amide bonds. The molecule has 120 valence electrons. The van der Waals surface area contributed by atoms with Crippen LogP contribution in [0.5, 0.6) is 5.75 Å². The lowest BCUT2D eigenvalue weighted by Gasteiger charge is -2.11. The van der Waals surface area contributed by atoms with Crippen molar-refractivity contribution >= 4 is 33.3 Å². The third-order valence-electron chi connectivity index (χ3n) is 3.11. The van der Waals surface area contributed by atoms with E-state index in [-0.39, 0.29) is 27.8 Å². The highest BCUT2D eigenvalue weighted by Crippen LogP contribution is 2.22. The lowest BCUT2D eigenvalue weighted by atomic mass is 10.2. The van der Waals surface area contributed by atoms with Crippen LogP contribution in [0.3, 0.4) is 0 Å². The molecule has 1 fully saturated rings. The molecule has 1 aliphatic rings. The Hall–Kier alpha value is -1.80. The van der Waals surface area contributed by atoms with E-state index >= 15 is 0 Å². The smallest absolute Gasteiger partial charge is 0.342 e. The molecular formula is C13H14ClNO6S. The van der Waals surface area contributed by atoms with Gasteiger partial charge in [-0.05, 0) is 24.6 Å². The molecule has 2 rings (SSSR count). The monoisotopic (exact) mass is 347 g/mol. The van der Waals surface area contributed by atoms with Crippen LogP contribution in [0.15, 0.2) is 18.2 Å². The maximum absolute atomic E-state index is 11.7. The van der Waals surface area contributed by atoms with Crippen LogP contribution in [0.1, 0.15) is 16.8 Å². The second-order valence-corrected chi connectivity index (χ2v) is 7.57. The van der Waals surface area contributed by atoms with Crippen molar-refractivity contribution in [3.63, 3.8) is 0 Å². The zero-order valence-corrected chi connectivity index (χ0v) is 13.0. The van der Waals surface area contributed by atoms with Crippen LogP contribution in [0, 0.1) is 0 Å². The number of halogens is 1. The first-order valence-corrected chi connectivity index (χ1v) is 8.62. The molecule has 9 heteroatoms. The fraction of sp³-hybridized carbons (Fsp3) is 0.385. The van der Waals surface area contributed by atoms with Crippen molar-refractivity contribution in [3.05, 3.63) is 28.8 Å².